The van der Waals surface area contributed by atoms with Crippen LogP contribution in [0.3, 0.4) is 0 Å². The molecular weight excluding hydrogens is 214 g/mol. The first-order valence-electron chi connectivity index (χ1n) is 4.56. The second kappa shape index (κ2) is 3.95. The third-order valence-electron chi connectivity index (χ3n) is 2.27. The Morgan fingerprint density at radius 2 is 2.47 bits per heavy atom. The minimum atomic E-state index is -0.212. The van der Waals surface area contributed by atoms with Gasteiger partial charge < -0.3 is 10.1 Å². The van der Waals surface area contributed by atoms with Crippen molar-refractivity contribution in [1.82, 2.24) is 5.32 Å². The topological polar surface area (TPSA) is 38.3 Å². The lowest BCUT2D eigenvalue weighted by Gasteiger charge is -2.09. The summed E-state index contributed by atoms with van der Waals surface area (Å²) in [7, 11) is 0. The van der Waals surface area contributed by atoms with Gasteiger partial charge in [-0.05, 0) is 12.1 Å². The molecule has 0 bridgehead atoms. The Labute approximate surface area is 92.7 Å². The molecule has 1 N–H and O–H groups in total. The second-order valence-electron chi connectivity index (χ2n) is 3.23. The maximum absolute atomic E-state index is 11.1. The maximum atomic E-state index is 11.1. The van der Waals surface area contributed by atoms with Gasteiger partial charge in [0.05, 0.1) is 11.1 Å². The molecule has 2 rings (SSSR count). The van der Waals surface area contributed by atoms with Crippen LogP contribution >= 0.6 is 11.6 Å². The van der Waals surface area contributed by atoms with E-state index in [0.29, 0.717) is 17.4 Å². The smallest absolute Gasteiger partial charge is 0.243 e. The van der Waals surface area contributed by atoms with Crippen LogP contribution in [-0.4, -0.2) is 12.5 Å². The predicted molar refractivity (Wildman–Crippen MR) is 58.0 cm³/mol. The number of carbonyl (C=O) groups excluding carboxylic acids is 1. The lowest BCUT2D eigenvalue weighted by molar-refractivity contribution is -0.117. The number of amides is 1. The number of hydrogen-bond donors (Lipinski definition) is 1. The molecule has 3 nitrogen and oxygen atoms in total. The summed E-state index contributed by atoms with van der Waals surface area (Å²) in [5.74, 6) is 0.449. The summed E-state index contributed by atoms with van der Waals surface area (Å²) in [6.45, 7) is 3.81. The number of halogens is 1. The summed E-state index contributed by atoms with van der Waals surface area (Å²) in [6, 6.07) is 5.35. The molecule has 1 amide bonds. The van der Waals surface area contributed by atoms with Gasteiger partial charge in [-0.25, -0.2) is 0 Å². The van der Waals surface area contributed by atoms with E-state index in [0.717, 1.165) is 5.56 Å². The normalized spacial score (nSPS) is 17.8. The van der Waals surface area contributed by atoms with Gasteiger partial charge >= 0.3 is 0 Å². The van der Waals surface area contributed by atoms with Crippen LogP contribution in [0.15, 0.2) is 30.9 Å². The van der Waals surface area contributed by atoms with Gasteiger partial charge in [0.2, 0.25) is 5.91 Å². The molecule has 1 aliphatic heterocycles. The van der Waals surface area contributed by atoms with E-state index in [9.17, 15) is 4.79 Å². The van der Waals surface area contributed by atoms with E-state index in [2.05, 4.69) is 11.9 Å². The predicted octanol–water partition coefficient (Wildman–Crippen LogP) is 2.08. The summed E-state index contributed by atoms with van der Waals surface area (Å²) in [4.78, 5) is 11.1. The zero-order valence-corrected chi connectivity index (χ0v) is 8.75. The molecule has 1 unspecified atom stereocenters. The average Bonchev–Trinajstić information content (AvgIpc) is 2.63. The van der Waals surface area contributed by atoms with Crippen molar-refractivity contribution in [3.8, 4) is 5.75 Å². The molecule has 4 heteroatoms. The Kier molecular flexibility index (Phi) is 2.64. The number of rotatable bonds is 2. The molecular formula is C11H10ClNO2. The van der Waals surface area contributed by atoms with Crippen LogP contribution in [-0.2, 0) is 4.79 Å². The second-order valence-corrected chi connectivity index (χ2v) is 3.64. The van der Waals surface area contributed by atoms with E-state index in [1.54, 1.807) is 6.07 Å². The number of hydrogen-bond acceptors (Lipinski definition) is 2. The van der Waals surface area contributed by atoms with Gasteiger partial charge in [-0.2, -0.15) is 0 Å². The van der Waals surface area contributed by atoms with Crippen LogP contribution in [0.25, 0.3) is 0 Å². The molecule has 0 saturated carbocycles. The fourth-order valence-corrected chi connectivity index (χ4v) is 1.80. The zero-order valence-electron chi connectivity index (χ0n) is 8.00. The van der Waals surface area contributed by atoms with Crippen LogP contribution in [0, 0.1) is 0 Å². The van der Waals surface area contributed by atoms with Crippen LogP contribution in [0.1, 0.15) is 11.6 Å². The first-order chi connectivity index (χ1) is 7.22. The molecule has 0 fully saturated rings. The maximum Gasteiger partial charge on any atom is 0.243 e. The molecule has 0 radical (unpaired) electrons. The SMILES string of the molecule is C=CC(=O)NC1COc2c(Cl)cccc21. The number of ether oxygens (including phenoxy) is 1. The van der Waals surface area contributed by atoms with Gasteiger partial charge in [0.1, 0.15) is 12.4 Å². The fraction of sp³-hybridized carbons (Fsp3) is 0.182. The van der Waals surface area contributed by atoms with Gasteiger partial charge in [0.25, 0.3) is 0 Å². The van der Waals surface area contributed by atoms with E-state index in [1.807, 2.05) is 12.1 Å². The standard InChI is InChI=1S/C11H10ClNO2/c1-2-10(14)13-9-6-15-11-7(9)4-3-5-8(11)12/h2-5,9H,1,6H2,(H,13,14). The number of benzene rings is 1. The van der Waals surface area contributed by atoms with Crippen LogP contribution in [0.2, 0.25) is 5.02 Å². The van der Waals surface area contributed by atoms with Gasteiger partial charge in [-0.15, -0.1) is 0 Å². The third-order valence-corrected chi connectivity index (χ3v) is 2.57. The molecule has 1 atom stereocenters. The van der Waals surface area contributed by atoms with Crippen LogP contribution < -0.4 is 10.1 Å². The summed E-state index contributed by atoms with van der Waals surface area (Å²) in [6.07, 6.45) is 1.24. The van der Waals surface area contributed by atoms with Gasteiger partial charge in [0, 0.05) is 5.56 Å². The minimum Gasteiger partial charge on any atom is -0.489 e. The van der Waals surface area contributed by atoms with E-state index in [-0.39, 0.29) is 11.9 Å². The molecule has 1 heterocycles. The molecule has 0 spiro atoms. The number of fused-ring (bicyclic) bond motifs is 1. The summed E-state index contributed by atoms with van der Waals surface area (Å²) in [5, 5.41) is 3.34. The Morgan fingerprint density at radius 1 is 1.67 bits per heavy atom. The third kappa shape index (κ3) is 1.83. The number of para-hydroxylation sites is 1. The van der Waals surface area contributed by atoms with Crippen molar-refractivity contribution >= 4 is 17.5 Å². The van der Waals surface area contributed by atoms with Crippen molar-refractivity contribution in [2.45, 2.75) is 6.04 Å². The van der Waals surface area contributed by atoms with Crippen molar-refractivity contribution in [3.05, 3.63) is 41.4 Å². The highest BCUT2D eigenvalue weighted by Crippen LogP contribution is 2.37. The lowest BCUT2D eigenvalue weighted by atomic mass is 10.1. The summed E-state index contributed by atoms with van der Waals surface area (Å²) in [5.41, 5.74) is 0.915. The Bertz CT molecular complexity index is 417. The summed E-state index contributed by atoms with van der Waals surface area (Å²) >= 11 is 5.95. The molecule has 1 aromatic rings. The first-order valence-corrected chi connectivity index (χ1v) is 4.94. The van der Waals surface area contributed by atoms with Crippen molar-refractivity contribution < 1.29 is 9.53 Å². The molecule has 0 aromatic heterocycles. The zero-order chi connectivity index (χ0) is 10.8. The molecule has 1 aliphatic rings. The van der Waals surface area contributed by atoms with Crippen molar-refractivity contribution in [2.75, 3.05) is 6.61 Å². The van der Waals surface area contributed by atoms with Crippen molar-refractivity contribution in [1.29, 1.82) is 0 Å². The summed E-state index contributed by atoms with van der Waals surface area (Å²) < 4.78 is 5.41. The first kappa shape index (κ1) is 10.1. The van der Waals surface area contributed by atoms with Crippen LogP contribution in [0.4, 0.5) is 0 Å². The molecule has 0 saturated heterocycles. The minimum absolute atomic E-state index is 0.135. The highest BCUT2D eigenvalue weighted by molar-refractivity contribution is 6.32. The fourth-order valence-electron chi connectivity index (χ4n) is 1.56. The highest BCUT2D eigenvalue weighted by Gasteiger charge is 2.26. The van der Waals surface area contributed by atoms with Gasteiger partial charge in [0.15, 0.2) is 0 Å². The van der Waals surface area contributed by atoms with E-state index >= 15 is 0 Å². The van der Waals surface area contributed by atoms with Gasteiger partial charge in [-0.3, -0.25) is 4.79 Å². The van der Waals surface area contributed by atoms with Crippen molar-refractivity contribution in [3.63, 3.8) is 0 Å². The molecule has 1 aromatic carbocycles. The molecule has 78 valence electrons. The van der Waals surface area contributed by atoms with E-state index in [1.165, 1.54) is 6.08 Å². The Hall–Kier alpha value is -1.48. The quantitative estimate of drug-likeness (QED) is 0.780. The van der Waals surface area contributed by atoms with Crippen LogP contribution in [0.5, 0.6) is 5.75 Å². The highest BCUT2D eigenvalue weighted by atomic mass is 35.5. The average molecular weight is 224 g/mol. The molecule has 0 aliphatic carbocycles. The van der Waals surface area contributed by atoms with Gasteiger partial charge in [-0.1, -0.05) is 30.3 Å². The molecule has 15 heavy (non-hydrogen) atoms. The lowest BCUT2D eigenvalue weighted by Crippen LogP contribution is -2.27. The van der Waals surface area contributed by atoms with E-state index < -0.39 is 0 Å². The monoisotopic (exact) mass is 223 g/mol. The Morgan fingerprint density at radius 3 is 3.20 bits per heavy atom. The van der Waals surface area contributed by atoms with E-state index in [4.69, 9.17) is 16.3 Å². The number of nitrogens with one attached hydrogen (secondary N) is 1. The Balaban J connectivity index is 2.25. The number of carbonyl (C=O) groups is 1. The van der Waals surface area contributed by atoms with Crippen molar-refractivity contribution in [2.24, 2.45) is 0 Å². The largest absolute Gasteiger partial charge is 0.489 e.